The third kappa shape index (κ3) is 2.87. The van der Waals surface area contributed by atoms with Crippen LogP contribution in [0.4, 0.5) is 0 Å². The second-order valence-electron chi connectivity index (χ2n) is 4.52. The Morgan fingerprint density at radius 1 is 1.11 bits per heavy atom. The van der Waals surface area contributed by atoms with E-state index in [1.54, 1.807) is 0 Å². The molecule has 0 unspecified atom stereocenters. The van der Waals surface area contributed by atoms with Gasteiger partial charge in [-0.25, -0.2) is 0 Å². The Morgan fingerprint density at radius 3 is 2.47 bits per heavy atom. The van der Waals surface area contributed by atoms with Gasteiger partial charge >= 0.3 is 0 Å². The van der Waals surface area contributed by atoms with E-state index in [0.717, 1.165) is 5.56 Å². The highest BCUT2D eigenvalue weighted by Gasteiger charge is 2.31. The maximum absolute atomic E-state index is 8.45. The molecule has 3 rings (SSSR count). The largest absolute Gasteiger partial charge is 0.368 e. The van der Waals surface area contributed by atoms with Crippen LogP contribution < -0.4 is 5.30 Å². The van der Waals surface area contributed by atoms with Gasteiger partial charge in [0.25, 0.3) is 0 Å². The molecule has 19 heavy (non-hydrogen) atoms. The highest BCUT2D eigenvalue weighted by molar-refractivity contribution is 7.65. The van der Waals surface area contributed by atoms with Gasteiger partial charge in [0.2, 0.25) is 1.43 Å². The van der Waals surface area contributed by atoms with E-state index in [1.807, 2.05) is 36.4 Å². The van der Waals surface area contributed by atoms with Crippen LogP contribution in [0.5, 0.6) is 0 Å². The molecule has 1 N–H and O–H groups in total. The van der Waals surface area contributed by atoms with E-state index in [2.05, 4.69) is 29.4 Å². The number of benzene rings is 2. The maximum atomic E-state index is 8.45. The molecular weight excluding hydrogens is 255 g/mol. The highest BCUT2D eigenvalue weighted by Crippen LogP contribution is 2.55. The molecule has 1 aliphatic heterocycles. The van der Waals surface area contributed by atoms with Gasteiger partial charge in [0.05, 0.1) is 6.35 Å². The summed E-state index contributed by atoms with van der Waals surface area (Å²) in [5, 5.41) is 5.81. The minimum absolute atomic E-state index is 0.0210. The van der Waals surface area contributed by atoms with E-state index in [-0.39, 0.29) is 5.66 Å². The molecule has 1 saturated heterocycles. The highest BCUT2D eigenvalue weighted by atomic mass is 31.1. The van der Waals surface area contributed by atoms with Crippen LogP contribution in [0.1, 0.15) is 19.0 Å². The number of hydrogen-bond donors (Lipinski definition) is 1. The summed E-state index contributed by atoms with van der Waals surface area (Å²) in [6.07, 6.45) is -0.847. The van der Waals surface area contributed by atoms with Gasteiger partial charge < -0.3 is 9.85 Å². The lowest BCUT2D eigenvalue weighted by Crippen LogP contribution is -2.26. The number of aliphatic hydroxyl groups is 1. The lowest BCUT2D eigenvalue weighted by atomic mass is 10.1. The van der Waals surface area contributed by atoms with Crippen molar-refractivity contribution in [2.24, 2.45) is 0 Å². The van der Waals surface area contributed by atoms with Gasteiger partial charge in [-0.3, -0.25) is 0 Å². The Morgan fingerprint density at radius 2 is 1.79 bits per heavy atom. The molecule has 3 heteroatoms. The Hall–Kier alpha value is -1.21. The molecule has 0 radical (unpaired) electrons. The molecule has 0 amide bonds. The number of rotatable bonds is 3. The van der Waals surface area contributed by atoms with Crippen molar-refractivity contribution in [3.63, 3.8) is 0 Å². The standard InChI is InChI=1S/C16H17O2P/c17-16-11-15(13-7-3-1-4-8-13)19(12-18-16)14-9-5-2-6-10-14/h1-10,15-17H,11-12H2/t15-,16-,19+/m0/s1/i11D,17D/t11-,15-,16-,19+. The van der Waals surface area contributed by atoms with Crippen molar-refractivity contribution in [3.05, 3.63) is 66.2 Å². The fourth-order valence-electron chi connectivity index (χ4n) is 2.34. The van der Waals surface area contributed by atoms with Crippen LogP contribution in [0.3, 0.4) is 0 Å². The zero-order valence-corrected chi connectivity index (χ0v) is 11.4. The average Bonchev–Trinajstić information content (AvgIpc) is 2.56. The Balaban J connectivity index is 1.98. The normalized spacial score (nSPS) is 32.4. The van der Waals surface area contributed by atoms with Crippen LogP contribution in [0.15, 0.2) is 60.7 Å². The van der Waals surface area contributed by atoms with E-state index in [4.69, 9.17) is 7.54 Å². The summed E-state index contributed by atoms with van der Waals surface area (Å²) in [6, 6.07) is 20.3. The van der Waals surface area contributed by atoms with Crippen LogP contribution in [-0.2, 0) is 4.74 Å². The summed E-state index contributed by atoms with van der Waals surface area (Å²) in [7, 11) is -0.651. The quantitative estimate of drug-likeness (QED) is 0.871. The van der Waals surface area contributed by atoms with Crippen LogP contribution >= 0.6 is 7.92 Å². The van der Waals surface area contributed by atoms with Crippen molar-refractivity contribution in [1.29, 1.82) is 1.43 Å². The molecule has 4 atom stereocenters. The minimum atomic E-state index is -0.780. The molecule has 0 spiro atoms. The Labute approximate surface area is 117 Å². The van der Waals surface area contributed by atoms with Crippen molar-refractivity contribution >= 4 is 13.2 Å². The summed E-state index contributed by atoms with van der Waals surface area (Å²) in [6.45, 7) is 0. The maximum Gasteiger partial charge on any atom is 0.213 e. The summed E-state index contributed by atoms with van der Waals surface area (Å²) >= 11 is 0. The van der Waals surface area contributed by atoms with Gasteiger partial charge in [0.15, 0.2) is 6.29 Å². The first kappa shape index (κ1) is 10.6. The van der Waals surface area contributed by atoms with E-state index < -0.39 is 20.6 Å². The third-order valence-corrected chi connectivity index (χ3v) is 5.81. The molecule has 2 aromatic rings. The summed E-state index contributed by atoms with van der Waals surface area (Å²) in [4.78, 5) is 0. The summed E-state index contributed by atoms with van der Waals surface area (Å²) in [5.74, 6) is 0. The lowest BCUT2D eigenvalue weighted by molar-refractivity contribution is -0.0928. The smallest absolute Gasteiger partial charge is 0.213 e. The monoisotopic (exact) mass is 274 g/mol. The number of ether oxygens (including phenoxy) is 1. The Kier molecular flexibility index (Phi) is 3.24. The van der Waals surface area contributed by atoms with E-state index in [9.17, 15) is 0 Å². The zero-order chi connectivity index (χ0) is 14.7. The van der Waals surface area contributed by atoms with Crippen molar-refractivity contribution < 1.29 is 11.2 Å². The zero-order valence-electron chi connectivity index (χ0n) is 12.5. The molecule has 1 heterocycles. The van der Waals surface area contributed by atoms with Crippen LogP contribution in [-0.4, -0.2) is 19.2 Å². The first-order valence-electron chi connectivity index (χ1n) is 7.32. The molecule has 2 nitrogen and oxygen atoms in total. The first-order chi connectivity index (χ1) is 10.3. The fourth-order valence-corrected chi connectivity index (χ4v) is 4.71. The molecule has 0 aromatic heterocycles. The SMILES string of the molecule is [2H]O[C@H]1OC[P@](c2ccccc2)[C@H](c2ccccc2)[C@@H]1[2H]. The fraction of sp³-hybridized carbons (Fsp3) is 0.250. The van der Waals surface area contributed by atoms with Crippen LogP contribution in [0, 0.1) is 0 Å². The van der Waals surface area contributed by atoms with Gasteiger partial charge in [0, 0.05) is 13.4 Å². The van der Waals surface area contributed by atoms with Crippen LogP contribution in [0.25, 0.3) is 0 Å². The minimum Gasteiger partial charge on any atom is -0.368 e. The molecule has 0 saturated carbocycles. The van der Waals surface area contributed by atoms with E-state index in [1.165, 1.54) is 5.30 Å². The van der Waals surface area contributed by atoms with Crippen molar-refractivity contribution in [2.75, 3.05) is 6.35 Å². The predicted molar refractivity (Wildman–Crippen MR) is 78.8 cm³/mol. The number of hydrogen-bond acceptors (Lipinski definition) is 2. The van der Waals surface area contributed by atoms with Gasteiger partial charge in [-0.1, -0.05) is 60.7 Å². The van der Waals surface area contributed by atoms with Crippen molar-refractivity contribution in [3.8, 4) is 0 Å². The van der Waals surface area contributed by atoms with Crippen molar-refractivity contribution in [2.45, 2.75) is 18.3 Å². The second-order valence-corrected chi connectivity index (χ2v) is 6.79. The Bertz CT molecular complexity index is 567. The molecule has 98 valence electrons. The molecule has 2 aromatic carbocycles. The third-order valence-electron chi connectivity index (χ3n) is 3.28. The molecule has 1 fully saturated rings. The predicted octanol–water partition coefficient (Wildman–Crippen LogP) is 3.23. The molecule has 0 bridgehead atoms. The number of aliphatic hydroxyl groups excluding tert-OH is 1. The molecular formula is C16H17O2P. The van der Waals surface area contributed by atoms with E-state index in [0.29, 0.717) is 6.35 Å². The lowest BCUT2D eigenvalue weighted by Gasteiger charge is -2.35. The average molecular weight is 274 g/mol. The van der Waals surface area contributed by atoms with E-state index >= 15 is 0 Å². The second kappa shape index (κ2) is 5.83. The van der Waals surface area contributed by atoms with Gasteiger partial charge in [-0.15, -0.1) is 0 Å². The molecule has 1 aliphatic rings. The topological polar surface area (TPSA) is 29.5 Å². The van der Waals surface area contributed by atoms with Gasteiger partial charge in [-0.2, -0.15) is 0 Å². The molecule has 0 aliphatic carbocycles. The summed E-state index contributed by atoms with van der Waals surface area (Å²) < 4.78 is 21.2. The van der Waals surface area contributed by atoms with Gasteiger partial charge in [-0.05, 0) is 18.8 Å². The first-order valence-corrected chi connectivity index (χ1v) is 7.93. The summed E-state index contributed by atoms with van der Waals surface area (Å²) in [5.41, 5.74) is 1.14. The van der Waals surface area contributed by atoms with Crippen molar-refractivity contribution in [1.82, 2.24) is 0 Å². The van der Waals surface area contributed by atoms with Crippen LogP contribution in [0.2, 0.25) is 0 Å². The van der Waals surface area contributed by atoms with Gasteiger partial charge in [0.1, 0.15) is 0 Å².